The van der Waals surface area contributed by atoms with Crippen molar-refractivity contribution >= 4 is 37.8 Å². The molecule has 3 aromatic rings. The predicted octanol–water partition coefficient (Wildman–Crippen LogP) is 4.74. The quantitative estimate of drug-likeness (QED) is 0.548. The van der Waals surface area contributed by atoms with E-state index in [0.29, 0.717) is 26.3 Å². The van der Waals surface area contributed by atoms with E-state index >= 15 is 0 Å². The van der Waals surface area contributed by atoms with Crippen molar-refractivity contribution in [1.29, 1.82) is 0 Å². The van der Waals surface area contributed by atoms with Gasteiger partial charge in [-0.15, -0.1) is 0 Å². The molecule has 1 aliphatic rings. The maximum Gasteiger partial charge on any atom is 0.511 e. The Kier molecular flexibility index (Phi) is 4.45. The Morgan fingerprint density at radius 1 is 1.03 bits per heavy atom. The summed E-state index contributed by atoms with van der Waals surface area (Å²) in [5.74, 6) is 0. The highest BCUT2D eigenvalue weighted by molar-refractivity contribution is 7.89. The molecule has 0 bridgehead atoms. The van der Waals surface area contributed by atoms with E-state index in [9.17, 15) is 26.4 Å². The average molecular weight is 440 g/mol. The normalized spacial score (nSPS) is 15.7. The zero-order valence-electron chi connectivity index (χ0n) is 16.4. The number of carbonyl (C=O) groups is 1. The summed E-state index contributed by atoms with van der Waals surface area (Å²) >= 11 is 0. The van der Waals surface area contributed by atoms with Gasteiger partial charge in [0, 0.05) is 24.7 Å². The van der Waals surface area contributed by atoms with Crippen molar-refractivity contribution in [3.63, 3.8) is 0 Å². The third-order valence-corrected chi connectivity index (χ3v) is 6.44. The minimum absolute atomic E-state index is 0.371. The maximum absolute atomic E-state index is 13.1. The molecule has 1 aliphatic heterocycles. The number of nitrogens with zero attached hydrogens (tertiary/aromatic N) is 2. The first kappa shape index (κ1) is 20.7. The zero-order chi connectivity index (χ0) is 22.1. The van der Waals surface area contributed by atoms with Crippen LogP contribution in [0.3, 0.4) is 0 Å². The molecule has 2 aromatic carbocycles. The number of hydrogen-bond acceptors (Lipinski definition) is 4. The number of sulfonamides is 1. The predicted molar refractivity (Wildman–Crippen MR) is 105 cm³/mol. The second-order valence-corrected chi connectivity index (χ2v) is 10.1. The molecule has 0 aliphatic carbocycles. The topological polar surface area (TPSA) is 68.6 Å². The molecule has 0 atom stereocenters. The molecule has 0 saturated heterocycles. The van der Waals surface area contributed by atoms with Crippen LogP contribution < -0.4 is 0 Å². The Morgan fingerprint density at radius 3 is 2.33 bits per heavy atom. The summed E-state index contributed by atoms with van der Waals surface area (Å²) in [6.45, 7) is 4.36. The Balaban J connectivity index is 1.90. The molecule has 4 rings (SSSR count). The smallest absolute Gasteiger partial charge is 0.443 e. The summed E-state index contributed by atoms with van der Waals surface area (Å²) in [5.41, 5.74) is -4.80. The zero-order valence-corrected chi connectivity index (χ0v) is 17.3. The van der Waals surface area contributed by atoms with Crippen LogP contribution in [0.2, 0.25) is 0 Å². The van der Waals surface area contributed by atoms with Gasteiger partial charge in [-0.25, -0.2) is 13.2 Å². The SMILES string of the molecule is CC(C)(C)OC(=O)n1ccc2c3cccc4c3c(cc21)CN(S(=O)(=O)C(F)(F)F)C4. The fourth-order valence-electron chi connectivity index (χ4n) is 3.74. The molecule has 160 valence electrons. The summed E-state index contributed by atoms with van der Waals surface area (Å²) in [4.78, 5) is 12.6. The summed E-state index contributed by atoms with van der Waals surface area (Å²) < 4.78 is 70.5. The molecule has 0 fully saturated rings. The van der Waals surface area contributed by atoms with Crippen LogP contribution in [0, 0.1) is 0 Å². The fraction of sp³-hybridized carbons (Fsp3) is 0.350. The Hall–Kier alpha value is -2.59. The van der Waals surface area contributed by atoms with Gasteiger partial charge in [0.2, 0.25) is 0 Å². The number of ether oxygens (including phenoxy) is 1. The lowest BCUT2D eigenvalue weighted by Crippen LogP contribution is -2.41. The van der Waals surface area contributed by atoms with E-state index in [0.717, 1.165) is 10.8 Å². The molecule has 1 aromatic heterocycles. The van der Waals surface area contributed by atoms with Gasteiger partial charge in [0.05, 0.1) is 5.52 Å². The molecule has 2 heterocycles. The van der Waals surface area contributed by atoms with E-state index in [2.05, 4.69) is 0 Å². The van der Waals surface area contributed by atoms with E-state index < -0.39 is 33.8 Å². The molecule has 0 spiro atoms. The van der Waals surface area contributed by atoms with Gasteiger partial charge in [-0.2, -0.15) is 17.5 Å². The van der Waals surface area contributed by atoms with Crippen LogP contribution in [0.1, 0.15) is 31.9 Å². The van der Waals surface area contributed by atoms with Crippen molar-refractivity contribution in [3.05, 3.63) is 47.7 Å². The lowest BCUT2D eigenvalue weighted by Gasteiger charge is -2.29. The summed E-state index contributed by atoms with van der Waals surface area (Å²) in [5, 5.41) is 2.18. The van der Waals surface area contributed by atoms with Gasteiger partial charge in [-0.1, -0.05) is 18.2 Å². The molecule has 10 heteroatoms. The number of aromatic nitrogens is 1. The van der Waals surface area contributed by atoms with E-state index in [4.69, 9.17) is 4.74 Å². The summed E-state index contributed by atoms with van der Waals surface area (Å²) in [6.07, 6.45) is 0.910. The van der Waals surface area contributed by atoms with Gasteiger partial charge in [0.1, 0.15) is 5.60 Å². The number of carbonyl (C=O) groups excluding carboxylic acids is 1. The number of rotatable bonds is 1. The van der Waals surface area contributed by atoms with Gasteiger partial charge in [-0.3, -0.25) is 4.57 Å². The molecular formula is C20H19F3N2O4S. The lowest BCUT2D eigenvalue weighted by molar-refractivity contribution is -0.0494. The first-order valence-electron chi connectivity index (χ1n) is 9.14. The van der Waals surface area contributed by atoms with Crippen molar-refractivity contribution in [2.75, 3.05) is 0 Å². The Morgan fingerprint density at radius 2 is 1.70 bits per heavy atom. The van der Waals surface area contributed by atoms with Crippen LogP contribution in [0.15, 0.2) is 36.5 Å². The van der Waals surface area contributed by atoms with Crippen molar-refractivity contribution in [2.45, 2.75) is 45.0 Å². The van der Waals surface area contributed by atoms with Crippen LogP contribution in [0.25, 0.3) is 21.7 Å². The van der Waals surface area contributed by atoms with E-state index in [-0.39, 0.29) is 6.54 Å². The number of hydrogen-bond donors (Lipinski definition) is 0. The van der Waals surface area contributed by atoms with Crippen LogP contribution in [0.5, 0.6) is 0 Å². The minimum atomic E-state index is -5.49. The van der Waals surface area contributed by atoms with E-state index in [1.807, 2.05) is 0 Å². The molecule has 6 nitrogen and oxygen atoms in total. The molecular weight excluding hydrogens is 421 g/mol. The molecule has 30 heavy (non-hydrogen) atoms. The second kappa shape index (κ2) is 6.45. The van der Waals surface area contributed by atoms with Crippen molar-refractivity contribution < 1.29 is 31.1 Å². The third-order valence-electron chi connectivity index (χ3n) is 4.91. The molecule has 0 radical (unpaired) electrons. The third kappa shape index (κ3) is 3.24. The lowest BCUT2D eigenvalue weighted by atomic mass is 9.94. The molecule has 0 N–H and O–H groups in total. The Bertz CT molecular complexity index is 1290. The average Bonchev–Trinajstić information content (AvgIpc) is 3.03. The van der Waals surface area contributed by atoms with Crippen molar-refractivity contribution in [1.82, 2.24) is 8.87 Å². The first-order chi connectivity index (χ1) is 13.8. The standard InChI is InChI=1S/C20H19F3N2O4S/c1-19(2,3)29-18(26)25-8-7-14-15-6-4-5-12-10-24(30(27,28)20(21,22)23)11-13(17(12)15)9-16(14)25/h4-9H,10-11H2,1-3H3. The summed E-state index contributed by atoms with van der Waals surface area (Å²) in [7, 11) is -5.49. The summed E-state index contributed by atoms with van der Waals surface area (Å²) in [6, 6.07) is 8.37. The fourth-order valence-corrected chi connectivity index (χ4v) is 4.65. The van der Waals surface area contributed by atoms with Crippen LogP contribution in [-0.4, -0.2) is 34.5 Å². The van der Waals surface area contributed by atoms with Crippen LogP contribution in [0.4, 0.5) is 18.0 Å². The highest BCUT2D eigenvalue weighted by Crippen LogP contribution is 2.39. The molecule has 0 saturated carbocycles. The second-order valence-electron chi connectivity index (χ2n) is 8.19. The van der Waals surface area contributed by atoms with Crippen LogP contribution >= 0.6 is 0 Å². The van der Waals surface area contributed by atoms with Gasteiger partial charge in [0.15, 0.2) is 0 Å². The number of benzene rings is 2. The maximum atomic E-state index is 13.1. The van der Waals surface area contributed by atoms with Gasteiger partial charge < -0.3 is 4.74 Å². The first-order valence-corrected chi connectivity index (χ1v) is 10.6. The molecule has 0 unspecified atom stereocenters. The molecule has 0 amide bonds. The van der Waals surface area contributed by atoms with Crippen molar-refractivity contribution in [3.8, 4) is 0 Å². The van der Waals surface area contributed by atoms with Crippen molar-refractivity contribution in [2.24, 2.45) is 0 Å². The van der Waals surface area contributed by atoms with Gasteiger partial charge >= 0.3 is 21.6 Å². The van der Waals surface area contributed by atoms with Crippen LogP contribution in [-0.2, 0) is 27.8 Å². The highest BCUT2D eigenvalue weighted by Gasteiger charge is 2.50. The number of fused-ring (bicyclic) bond motifs is 2. The van der Waals surface area contributed by atoms with Gasteiger partial charge in [0.25, 0.3) is 0 Å². The van der Waals surface area contributed by atoms with E-state index in [1.165, 1.54) is 10.8 Å². The Labute approximate surface area is 170 Å². The van der Waals surface area contributed by atoms with Gasteiger partial charge in [-0.05, 0) is 54.8 Å². The number of halogens is 3. The van der Waals surface area contributed by atoms with E-state index in [1.54, 1.807) is 51.1 Å². The largest absolute Gasteiger partial charge is 0.511 e. The number of alkyl halides is 3. The monoisotopic (exact) mass is 440 g/mol. The highest BCUT2D eigenvalue weighted by atomic mass is 32.2. The minimum Gasteiger partial charge on any atom is -0.443 e.